The number of amides is 1. The highest BCUT2D eigenvalue weighted by Crippen LogP contribution is 2.47. The average molecular weight is 414 g/mol. The summed E-state index contributed by atoms with van der Waals surface area (Å²) < 4.78 is 11.9. The van der Waals surface area contributed by atoms with Crippen LogP contribution in [-0.2, 0) is 20.1 Å². The number of benzene rings is 2. The van der Waals surface area contributed by atoms with Crippen LogP contribution in [0, 0.1) is 0 Å². The molecule has 2 fully saturated rings. The van der Waals surface area contributed by atoms with E-state index in [2.05, 4.69) is 34.1 Å². The van der Waals surface area contributed by atoms with Gasteiger partial charge >= 0.3 is 0 Å². The second-order valence-corrected chi connectivity index (χ2v) is 7.96. The highest BCUT2D eigenvalue weighted by Gasteiger charge is 2.58. The Morgan fingerprint density at radius 3 is 2.45 bits per heavy atom. The minimum atomic E-state index is -1.35. The fourth-order valence-corrected chi connectivity index (χ4v) is 4.51. The molecule has 2 atom stereocenters. The van der Waals surface area contributed by atoms with Crippen molar-refractivity contribution < 1.29 is 14.3 Å². The molecule has 0 radical (unpaired) electrons. The average Bonchev–Trinajstić information content (AvgIpc) is 3.32. The first-order valence-electron chi connectivity index (χ1n) is 10.0. The molecule has 3 aliphatic rings. The molecule has 2 saturated heterocycles. The zero-order valence-corrected chi connectivity index (χ0v) is 16.9. The Morgan fingerprint density at radius 1 is 1.00 bits per heavy atom. The molecule has 0 aromatic heterocycles. The molecule has 1 amide bonds. The van der Waals surface area contributed by atoms with Gasteiger partial charge in [-0.25, -0.2) is 0 Å². The van der Waals surface area contributed by atoms with E-state index >= 15 is 0 Å². The van der Waals surface area contributed by atoms with Crippen molar-refractivity contribution in [2.45, 2.75) is 11.9 Å². The summed E-state index contributed by atoms with van der Waals surface area (Å²) in [5.41, 5.74) is 2.88. The number of hydrogen-bond donors (Lipinski definition) is 0. The lowest BCUT2D eigenvalue weighted by Crippen LogP contribution is -2.52. The van der Waals surface area contributed by atoms with Gasteiger partial charge in [0.2, 0.25) is 0 Å². The van der Waals surface area contributed by atoms with Crippen LogP contribution in [0.5, 0.6) is 0 Å². The van der Waals surface area contributed by atoms with Crippen LogP contribution in [0.15, 0.2) is 54.6 Å². The van der Waals surface area contributed by atoms with Crippen molar-refractivity contribution in [2.24, 2.45) is 0 Å². The van der Waals surface area contributed by atoms with E-state index in [0.717, 1.165) is 37.4 Å². The number of carbonyl (C=O) groups is 1. The quantitative estimate of drug-likeness (QED) is 0.721. The normalized spacial score (nSPS) is 27.1. The van der Waals surface area contributed by atoms with E-state index in [4.69, 9.17) is 21.1 Å². The van der Waals surface area contributed by atoms with Crippen LogP contribution < -0.4 is 9.80 Å². The third-order valence-corrected chi connectivity index (χ3v) is 6.23. The monoisotopic (exact) mass is 413 g/mol. The van der Waals surface area contributed by atoms with Crippen molar-refractivity contribution in [2.75, 3.05) is 55.1 Å². The van der Waals surface area contributed by atoms with Crippen molar-refractivity contribution >= 4 is 28.9 Å². The zero-order valence-electron chi connectivity index (χ0n) is 16.2. The standard InChI is InChI=1S/C22H24ClN3O3/c23-14-18-15-28-22(29-18)19-8-4-5-9-20(19)26(21(22)27)16-24-10-12-25(13-11-24)17-6-2-1-3-7-17/h1-9,18H,10-16H2/t18-,22+/m0/s1. The van der Waals surface area contributed by atoms with E-state index < -0.39 is 5.79 Å². The number of ether oxygens (including phenoxy) is 2. The second-order valence-electron chi connectivity index (χ2n) is 7.65. The Labute approximate surface area is 175 Å². The number of rotatable bonds is 4. The molecule has 3 aliphatic heterocycles. The summed E-state index contributed by atoms with van der Waals surface area (Å²) in [6.45, 7) is 4.49. The minimum Gasteiger partial charge on any atom is -0.369 e. The van der Waals surface area contributed by atoms with Crippen LogP contribution >= 0.6 is 11.6 Å². The maximum absolute atomic E-state index is 13.4. The highest BCUT2D eigenvalue weighted by atomic mass is 35.5. The fourth-order valence-electron chi connectivity index (χ4n) is 4.36. The molecule has 2 aromatic carbocycles. The molecule has 152 valence electrons. The van der Waals surface area contributed by atoms with Crippen LogP contribution in [0.2, 0.25) is 0 Å². The van der Waals surface area contributed by atoms with Gasteiger partial charge in [-0.05, 0) is 18.2 Å². The maximum atomic E-state index is 13.4. The van der Waals surface area contributed by atoms with Crippen LogP contribution in [0.1, 0.15) is 5.56 Å². The van der Waals surface area contributed by atoms with Gasteiger partial charge in [0, 0.05) is 37.4 Å². The Balaban J connectivity index is 1.32. The Bertz CT molecular complexity index is 888. The highest BCUT2D eigenvalue weighted by molar-refractivity contribution is 6.18. The summed E-state index contributed by atoms with van der Waals surface area (Å²) in [4.78, 5) is 19.9. The Kier molecular flexibility index (Phi) is 4.95. The summed E-state index contributed by atoms with van der Waals surface area (Å²) in [5, 5.41) is 0. The first-order valence-corrected chi connectivity index (χ1v) is 10.6. The van der Waals surface area contributed by atoms with Gasteiger partial charge in [-0.15, -0.1) is 11.6 Å². The number of alkyl halides is 1. The number of piperazine rings is 1. The first-order chi connectivity index (χ1) is 14.2. The Hall–Kier alpha value is -2.12. The summed E-state index contributed by atoms with van der Waals surface area (Å²) in [5.74, 6) is -1.20. The lowest BCUT2D eigenvalue weighted by molar-refractivity contribution is -0.185. The molecule has 5 rings (SSSR count). The Morgan fingerprint density at radius 2 is 1.72 bits per heavy atom. The van der Waals surface area contributed by atoms with Gasteiger partial charge in [0.15, 0.2) is 0 Å². The molecule has 0 N–H and O–H groups in total. The number of fused-ring (bicyclic) bond motifs is 2. The predicted molar refractivity (Wildman–Crippen MR) is 112 cm³/mol. The molecule has 0 bridgehead atoms. The van der Waals surface area contributed by atoms with Crippen LogP contribution in [0.4, 0.5) is 11.4 Å². The summed E-state index contributed by atoms with van der Waals surface area (Å²) in [7, 11) is 0. The summed E-state index contributed by atoms with van der Waals surface area (Å²) in [6.07, 6.45) is -0.275. The van der Waals surface area contributed by atoms with Crippen molar-refractivity contribution in [1.29, 1.82) is 0 Å². The van der Waals surface area contributed by atoms with Gasteiger partial charge in [0.25, 0.3) is 11.7 Å². The van der Waals surface area contributed by atoms with Crippen LogP contribution in [-0.4, -0.2) is 62.2 Å². The van der Waals surface area contributed by atoms with E-state index in [1.165, 1.54) is 5.69 Å². The van der Waals surface area contributed by atoms with Crippen LogP contribution in [0.3, 0.4) is 0 Å². The molecule has 7 heteroatoms. The van der Waals surface area contributed by atoms with E-state index in [9.17, 15) is 4.79 Å². The van der Waals surface area contributed by atoms with Crippen molar-refractivity contribution in [3.05, 3.63) is 60.2 Å². The molecule has 1 spiro atoms. The number of hydrogen-bond acceptors (Lipinski definition) is 5. The number of para-hydroxylation sites is 2. The molecular weight excluding hydrogens is 390 g/mol. The zero-order chi connectivity index (χ0) is 19.8. The van der Waals surface area contributed by atoms with E-state index in [-0.39, 0.29) is 12.0 Å². The SMILES string of the molecule is O=C1N(CN2CCN(c3ccccc3)CC2)c2ccccc2[C@]12OC[C@H](CCl)O2. The number of carbonyl (C=O) groups excluding carboxylic acids is 1. The largest absolute Gasteiger partial charge is 0.369 e. The second kappa shape index (κ2) is 7.61. The van der Waals surface area contributed by atoms with Crippen molar-refractivity contribution in [3.63, 3.8) is 0 Å². The van der Waals surface area contributed by atoms with E-state index in [1.54, 1.807) is 4.90 Å². The van der Waals surface area contributed by atoms with Gasteiger partial charge in [-0.3, -0.25) is 14.6 Å². The number of nitrogens with zero attached hydrogens (tertiary/aromatic N) is 3. The van der Waals surface area contributed by atoms with E-state index in [1.807, 2.05) is 30.3 Å². The first kappa shape index (κ1) is 18.9. The molecule has 3 heterocycles. The molecule has 29 heavy (non-hydrogen) atoms. The maximum Gasteiger partial charge on any atom is 0.293 e. The minimum absolute atomic E-state index is 0.156. The fraction of sp³-hybridized carbons (Fsp3) is 0.409. The predicted octanol–water partition coefficient (Wildman–Crippen LogP) is 2.62. The lowest BCUT2D eigenvalue weighted by Gasteiger charge is -2.38. The smallest absolute Gasteiger partial charge is 0.293 e. The van der Waals surface area contributed by atoms with Crippen LogP contribution in [0.25, 0.3) is 0 Å². The van der Waals surface area contributed by atoms with Gasteiger partial charge in [-0.2, -0.15) is 0 Å². The van der Waals surface area contributed by atoms with Crippen molar-refractivity contribution in [1.82, 2.24) is 4.90 Å². The van der Waals surface area contributed by atoms with Gasteiger partial charge in [-0.1, -0.05) is 36.4 Å². The number of halogens is 1. The van der Waals surface area contributed by atoms with E-state index in [0.29, 0.717) is 19.2 Å². The molecule has 2 aromatic rings. The topological polar surface area (TPSA) is 45.3 Å². The third-order valence-electron chi connectivity index (χ3n) is 5.89. The lowest BCUT2D eigenvalue weighted by atomic mass is 10.1. The van der Waals surface area contributed by atoms with Gasteiger partial charge < -0.3 is 14.4 Å². The molecule has 0 aliphatic carbocycles. The molecular formula is C22H24ClN3O3. The summed E-state index contributed by atoms with van der Waals surface area (Å²) >= 11 is 5.96. The third kappa shape index (κ3) is 3.20. The molecule has 0 saturated carbocycles. The van der Waals surface area contributed by atoms with Gasteiger partial charge in [0.05, 0.1) is 30.9 Å². The molecule has 6 nitrogen and oxygen atoms in total. The molecule has 0 unspecified atom stereocenters. The number of anilines is 2. The van der Waals surface area contributed by atoms with Crippen molar-refractivity contribution in [3.8, 4) is 0 Å². The van der Waals surface area contributed by atoms with Gasteiger partial charge in [0.1, 0.15) is 0 Å². The summed E-state index contributed by atoms with van der Waals surface area (Å²) in [6, 6.07) is 18.2.